The van der Waals surface area contributed by atoms with Crippen molar-refractivity contribution in [3.63, 3.8) is 0 Å². The van der Waals surface area contributed by atoms with Crippen LogP contribution in [0.5, 0.6) is 0 Å². The average Bonchev–Trinajstić information content (AvgIpc) is 3.30. The molecule has 0 aliphatic heterocycles. The van der Waals surface area contributed by atoms with Gasteiger partial charge in [-0.2, -0.15) is 0 Å². The molecule has 0 aromatic carbocycles. The highest BCUT2D eigenvalue weighted by Crippen LogP contribution is 2.30. The molecule has 0 spiro atoms. The second kappa shape index (κ2) is 5.59. The second-order valence-corrected chi connectivity index (χ2v) is 5.28. The lowest BCUT2D eigenvalue weighted by atomic mass is 10.2. The van der Waals surface area contributed by atoms with E-state index >= 15 is 0 Å². The number of halogens is 1. The van der Waals surface area contributed by atoms with Gasteiger partial charge < -0.3 is 4.90 Å². The predicted molar refractivity (Wildman–Crippen MR) is 76.4 cm³/mol. The molecule has 0 saturated heterocycles. The summed E-state index contributed by atoms with van der Waals surface area (Å²) in [5, 5.41) is 0.401. The largest absolute Gasteiger partial charge is 0.331 e. The van der Waals surface area contributed by atoms with E-state index in [1.807, 2.05) is 17.0 Å². The topological polar surface area (TPSA) is 46.1 Å². The number of carbonyl (C=O) groups excluding carboxylic acids is 1. The fraction of sp³-hybridized carbons (Fsp3) is 0.267. The van der Waals surface area contributed by atoms with Crippen LogP contribution in [0.3, 0.4) is 0 Å². The third kappa shape index (κ3) is 2.80. The lowest BCUT2D eigenvalue weighted by Crippen LogP contribution is -2.32. The molecular weight excluding hydrogens is 274 g/mol. The Kier molecular flexibility index (Phi) is 3.65. The van der Waals surface area contributed by atoms with Crippen molar-refractivity contribution in [3.8, 4) is 0 Å². The van der Waals surface area contributed by atoms with Crippen molar-refractivity contribution >= 4 is 17.5 Å². The minimum Gasteiger partial charge on any atom is -0.331 e. The fourth-order valence-corrected chi connectivity index (χ4v) is 2.34. The number of nitrogens with zero attached hydrogens (tertiary/aromatic N) is 3. The number of rotatable bonds is 4. The normalized spacial score (nSPS) is 14.1. The molecule has 5 heteroatoms. The standard InChI is InChI=1S/C15H14ClN3O/c16-14-9-18-8-5-13(14)15(20)19(12-1-2-12)10-11-3-6-17-7-4-11/h3-9,12H,1-2,10H2. The number of aromatic nitrogens is 2. The van der Waals surface area contributed by atoms with Crippen LogP contribution >= 0.6 is 11.6 Å². The molecule has 0 radical (unpaired) electrons. The van der Waals surface area contributed by atoms with Crippen molar-refractivity contribution in [3.05, 3.63) is 59.1 Å². The number of pyridine rings is 2. The highest BCUT2D eigenvalue weighted by atomic mass is 35.5. The summed E-state index contributed by atoms with van der Waals surface area (Å²) in [4.78, 5) is 22.5. The maximum Gasteiger partial charge on any atom is 0.256 e. The first-order valence-corrected chi connectivity index (χ1v) is 6.93. The van der Waals surface area contributed by atoms with Crippen LogP contribution < -0.4 is 0 Å². The molecule has 4 nitrogen and oxygen atoms in total. The predicted octanol–water partition coefficient (Wildman–Crippen LogP) is 2.93. The van der Waals surface area contributed by atoms with Gasteiger partial charge in [-0.05, 0) is 36.6 Å². The van der Waals surface area contributed by atoms with Crippen molar-refractivity contribution in [2.45, 2.75) is 25.4 Å². The molecule has 2 heterocycles. The molecule has 1 aliphatic carbocycles. The Labute approximate surface area is 122 Å². The van der Waals surface area contributed by atoms with E-state index in [9.17, 15) is 4.79 Å². The van der Waals surface area contributed by atoms with E-state index in [0.29, 0.717) is 23.2 Å². The minimum atomic E-state index is -0.0308. The molecule has 3 rings (SSSR count). The van der Waals surface area contributed by atoms with Crippen molar-refractivity contribution in [1.29, 1.82) is 0 Å². The van der Waals surface area contributed by atoms with Crippen LogP contribution in [0.4, 0.5) is 0 Å². The summed E-state index contributed by atoms with van der Waals surface area (Å²) in [6, 6.07) is 5.85. The Morgan fingerprint density at radius 2 is 1.90 bits per heavy atom. The SMILES string of the molecule is O=C(c1ccncc1Cl)N(Cc1ccncc1)C1CC1. The van der Waals surface area contributed by atoms with Crippen molar-refractivity contribution in [2.75, 3.05) is 0 Å². The molecular formula is C15H14ClN3O. The molecule has 0 N–H and O–H groups in total. The summed E-state index contributed by atoms with van der Waals surface area (Å²) in [7, 11) is 0. The zero-order chi connectivity index (χ0) is 13.9. The number of hydrogen-bond donors (Lipinski definition) is 0. The zero-order valence-electron chi connectivity index (χ0n) is 10.9. The van der Waals surface area contributed by atoms with Gasteiger partial charge in [-0.3, -0.25) is 14.8 Å². The van der Waals surface area contributed by atoms with Crippen LogP contribution in [0.25, 0.3) is 0 Å². The van der Waals surface area contributed by atoms with E-state index in [0.717, 1.165) is 18.4 Å². The van der Waals surface area contributed by atoms with E-state index in [2.05, 4.69) is 9.97 Å². The van der Waals surface area contributed by atoms with Crippen LogP contribution in [-0.2, 0) is 6.54 Å². The Morgan fingerprint density at radius 1 is 1.20 bits per heavy atom. The fourth-order valence-electron chi connectivity index (χ4n) is 2.14. The van der Waals surface area contributed by atoms with E-state index in [1.54, 1.807) is 24.7 Å². The molecule has 0 unspecified atom stereocenters. The van der Waals surface area contributed by atoms with Crippen LogP contribution in [0.1, 0.15) is 28.8 Å². The summed E-state index contributed by atoms with van der Waals surface area (Å²) >= 11 is 6.07. The number of hydrogen-bond acceptors (Lipinski definition) is 3. The van der Waals surface area contributed by atoms with Gasteiger partial charge in [-0.15, -0.1) is 0 Å². The van der Waals surface area contributed by atoms with Crippen molar-refractivity contribution in [2.24, 2.45) is 0 Å². The number of carbonyl (C=O) groups is 1. The highest BCUT2D eigenvalue weighted by Gasteiger charge is 2.33. The average molecular weight is 288 g/mol. The second-order valence-electron chi connectivity index (χ2n) is 4.88. The maximum absolute atomic E-state index is 12.6. The summed E-state index contributed by atoms with van der Waals surface area (Å²) in [5.41, 5.74) is 1.59. The van der Waals surface area contributed by atoms with E-state index in [-0.39, 0.29) is 5.91 Å². The zero-order valence-corrected chi connectivity index (χ0v) is 11.6. The Balaban J connectivity index is 1.84. The van der Waals surface area contributed by atoms with Gasteiger partial charge in [-0.1, -0.05) is 11.6 Å². The van der Waals surface area contributed by atoms with Crippen LogP contribution in [0.15, 0.2) is 43.0 Å². The molecule has 0 atom stereocenters. The smallest absolute Gasteiger partial charge is 0.256 e. The molecule has 2 aromatic rings. The molecule has 0 bridgehead atoms. The molecule has 1 aliphatic rings. The van der Waals surface area contributed by atoms with Crippen LogP contribution in [-0.4, -0.2) is 26.8 Å². The van der Waals surface area contributed by atoms with Gasteiger partial charge >= 0.3 is 0 Å². The molecule has 1 amide bonds. The van der Waals surface area contributed by atoms with Gasteiger partial charge in [0.05, 0.1) is 10.6 Å². The highest BCUT2D eigenvalue weighted by molar-refractivity contribution is 6.33. The first-order chi connectivity index (χ1) is 9.75. The van der Waals surface area contributed by atoms with Gasteiger partial charge in [0, 0.05) is 37.4 Å². The Bertz CT molecular complexity index is 614. The van der Waals surface area contributed by atoms with Gasteiger partial charge in [-0.25, -0.2) is 0 Å². The lowest BCUT2D eigenvalue weighted by Gasteiger charge is -2.23. The van der Waals surface area contributed by atoms with Crippen molar-refractivity contribution < 1.29 is 4.79 Å². The molecule has 102 valence electrons. The first kappa shape index (κ1) is 13.1. The number of amides is 1. The minimum absolute atomic E-state index is 0.0308. The lowest BCUT2D eigenvalue weighted by molar-refractivity contribution is 0.0730. The summed E-state index contributed by atoms with van der Waals surface area (Å²) < 4.78 is 0. The summed E-state index contributed by atoms with van der Waals surface area (Å²) in [6.45, 7) is 0.588. The quantitative estimate of drug-likeness (QED) is 0.868. The van der Waals surface area contributed by atoms with Gasteiger partial charge in [0.15, 0.2) is 0 Å². The van der Waals surface area contributed by atoms with Crippen LogP contribution in [0.2, 0.25) is 5.02 Å². The molecule has 2 aromatic heterocycles. The Hall–Kier alpha value is -1.94. The first-order valence-electron chi connectivity index (χ1n) is 6.55. The third-order valence-electron chi connectivity index (χ3n) is 3.35. The third-order valence-corrected chi connectivity index (χ3v) is 3.65. The van der Waals surface area contributed by atoms with E-state index < -0.39 is 0 Å². The molecule has 1 fully saturated rings. The Morgan fingerprint density at radius 3 is 2.55 bits per heavy atom. The monoisotopic (exact) mass is 287 g/mol. The molecule has 1 saturated carbocycles. The summed E-state index contributed by atoms with van der Waals surface area (Å²) in [5.74, 6) is -0.0308. The molecule has 20 heavy (non-hydrogen) atoms. The van der Waals surface area contributed by atoms with Crippen LogP contribution in [0, 0.1) is 0 Å². The maximum atomic E-state index is 12.6. The van der Waals surface area contributed by atoms with Gasteiger partial charge in [0.1, 0.15) is 0 Å². The van der Waals surface area contributed by atoms with Crippen molar-refractivity contribution in [1.82, 2.24) is 14.9 Å². The van der Waals surface area contributed by atoms with E-state index in [1.165, 1.54) is 6.20 Å². The van der Waals surface area contributed by atoms with Gasteiger partial charge in [0.2, 0.25) is 0 Å². The van der Waals surface area contributed by atoms with E-state index in [4.69, 9.17) is 11.6 Å². The summed E-state index contributed by atoms with van der Waals surface area (Å²) in [6.07, 6.45) is 8.69. The van der Waals surface area contributed by atoms with Gasteiger partial charge in [0.25, 0.3) is 5.91 Å².